The Morgan fingerprint density at radius 3 is 2.52 bits per heavy atom. The van der Waals surface area contributed by atoms with Crippen molar-refractivity contribution in [3.8, 4) is 0 Å². The summed E-state index contributed by atoms with van der Waals surface area (Å²) in [6.45, 7) is 6.60. The molecule has 1 aliphatic heterocycles. The van der Waals surface area contributed by atoms with Crippen molar-refractivity contribution in [2.45, 2.75) is 25.9 Å². The highest BCUT2D eigenvalue weighted by Crippen LogP contribution is 2.51. The van der Waals surface area contributed by atoms with Gasteiger partial charge in [-0.3, -0.25) is 4.79 Å². The standard InChI is InChI=1S/C22H24O3/c1-16-9-11-18(12-10-16)13-14-22(21(23)24-3)17(2)15-25-20(22)19-7-5-4-6-8-19/h4-12,20H,2,13-15H2,1,3H3/t20-,22+/m0/s1. The fourth-order valence-corrected chi connectivity index (χ4v) is 3.59. The SMILES string of the molecule is C=C1CO[C@@H](c2ccccc2)[C@]1(CCc1ccc(C)cc1)C(=O)OC. The lowest BCUT2D eigenvalue weighted by Gasteiger charge is -2.32. The highest BCUT2D eigenvalue weighted by molar-refractivity contribution is 5.82. The van der Waals surface area contributed by atoms with Crippen LogP contribution < -0.4 is 0 Å². The summed E-state index contributed by atoms with van der Waals surface area (Å²) in [5.41, 5.74) is 3.35. The first-order valence-electron chi connectivity index (χ1n) is 8.56. The van der Waals surface area contributed by atoms with Gasteiger partial charge in [-0.1, -0.05) is 66.7 Å². The van der Waals surface area contributed by atoms with Crippen LogP contribution in [-0.2, 0) is 20.7 Å². The molecule has 0 aliphatic carbocycles. The van der Waals surface area contributed by atoms with Gasteiger partial charge in [0.1, 0.15) is 11.5 Å². The molecule has 1 heterocycles. The van der Waals surface area contributed by atoms with Crippen LogP contribution in [0.15, 0.2) is 66.7 Å². The summed E-state index contributed by atoms with van der Waals surface area (Å²) in [5.74, 6) is -0.268. The quantitative estimate of drug-likeness (QED) is 0.599. The number of aryl methyl sites for hydroxylation is 2. The minimum atomic E-state index is -0.846. The molecule has 2 aromatic rings. The summed E-state index contributed by atoms with van der Waals surface area (Å²) in [6.07, 6.45) is 1.02. The number of esters is 1. The molecular weight excluding hydrogens is 312 g/mol. The molecule has 3 nitrogen and oxygen atoms in total. The van der Waals surface area contributed by atoms with Gasteiger partial charge in [-0.05, 0) is 36.5 Å². The third-order valence-electron chi connectivity index (χ3n) is 5.08. The molecule has 1 aliphatic rings. The van der Waals surface area contributed by atoms with E-state index in [1.165, 1.54) is 18.2 Å². The van der Waals surface area contributed by atoms with E-state index in [1.807, 2.05) is 30.3 Å². The molecule has 1 fully saturated rings. The maximum absolute atomic E-state index is 12.8. The lowest BCUT2D eigenvalue weighted by molar-refractivity contribution is -0.155. The van der Waals surface area contributed by atoms with Crippen LogP contribution in [-0.4, -0.2) is 19.7 Å². The number of methoxy groups -OCH3 is 1. The van der Waals surface area contributed by atoms with Crippen LogP contribution in [0.3, 0.4) is 0 Å². The van der Waals surface area contributed by atoms with Gasteiger partial charge in [-0.2, -0.15) is 0 Å². The van der Waals surface area contributed by atoms with Crippen molar-refractivity contribution in [1.29, 1.82) is 0 Å². The van der Waals surface area contributed by atoms with Gasteiger partial charge in [0.05, 0.1) is 13.7 Å². The first-order valence-corrected chi connectivity index (χ1v) is 8.56. The van der Waals surface area contributed by atoms with Crippen molar-refractivity contribution >= 4 is 5.97 Å². The predicted octanol–water partition coefficient (Wildman–Crippen LogP) is 4.41. The number of rotatable bonds is 5. The van der Waals surface area contributed by atoms with Crippen molar-refractivity contribution in [1.82, 2.24) is 0 Å². The van der Waals surface area contributed by atoms with Crippen molar-refractivity contribution in [2.24, 2.45) is 5.41 Å². The second-order valence-electron chi connectivity index (χ2n) is 6.65. The van der Waals surface area contributed by atoms with Crippen LogP contribution in [0.5, 0.6) is 0 Å². The molecule has 2 aromatic carbocycles. The monoisotopic (exact) mass is 336 g/mol. The van der Waals surface area contributed by atoms with Gasteiger partial charge < -0.3 is 9.47 Å². The van der Waals surface area contributed by atoms with E-state index in [-0.39, 0.29) is 12.1 Å². The highest BCUT2D eigenvalue weighted by atomic mass is 16.5. The smallest absolute Gasteiger partial charge is 0.319 e. The molecule has 0 radical (unpaired) electrons. The van der Waals surface area contributed by atoms with E-state index >= 15 is 0 Å². The van der Waals surface area contributed by atoms with E-state index in [2.05, 4.69) is 37.8 Å². The Morgan fingerprint density at radius 2 is 1.88 bits per heavy atom. The van der Waals surface area contributed by atoms with E-state index in [0.717, 1.165) is 17.6 Å². The maximum Gasteiger partial charge on any atom is 0.319 e. The number of hydrogen-bond donors (Lipinski definition) is 0. The van der Waals surface area contributed by atoms with Gasteiger partial charge in [0.15, 0.2) is 0 Å². The molecule has 3 heteroatoms. The average Bonchev–Trinajstić information content (AvgIpc) is 2.98. The predicted molar refractivity (Wildman–Crippen MR) is 98.2 cm³/mol. The van der Waals surface area contributed by atoms with Crippen LogP contribution in [0.1, 0.15) is 29.2 Å². The van der Waals surface area contributed by atoms with Crippen molar-refractivity contribution in [3.63, 3.8) is 0 Å². The van der Waals surface area contributed by atoms with Crippen LogP contribution in [0.2, 0.25) is 0 Å². The van der Waals surface area contributed by atoms with E-state index in [1.54, 1.807) is 0 Å². The normalized spacial score (nSPS) is 22.8. The summed E-state index contributed by atoms with van der Waals surface area (Å²) >= 11 is 0. The molecular formula is C22H24O3. The van der Waals surface area contributed by atoms with Crippen LogP contribution in [0.25, 0.3) is 0 Å². The Balaban J connectivity index is 1.94. The Labute approximate surface area is 149 Å². The van der Waals surface area contributed by atoms with Crippen LogP contribution >= 0.6 is 0 Å². The Hall–Kier alpha value is -2.39. The van der Waals surface area contributed by atoms with Crippen molar-refractivity contribution in [2.75, 3.05) is 13.7 Å². The van der Waals surface area contributed by atoms with Crippen LogP contribution in [0.4, 0.5) is 0 Å². The molecule has 0 unspecified atom stereocenters. The lowest BCUT2D eigenvalue weighted by atomic mass is 9.71. The minimum Gasteiger partial charge on any atom is -0.468 e. The molecule has 0 saturated carbocycles. The lowest BCUT2D eigenvalue weighted by Crippen LogP contribution is -2.37. The molecule has 0 amide bonds. The van der Waals surface area contributed by atoms with Gasteiger partial charge in [0, 0.05) is 0 Å². The molecule has 0 N–H and O–H groups in total. The first-order chi connectivity index (χ1) is 12.1. The molecule has 0 bridgehead atoms. The number of carbonyl (C=O) groups excluding carboxylic acids is 1. The number of hydrogen-bond acceptors (Lipinski definition) is 3. The fraction of sp³-hybridized carbons (Fsp3) is 0.318. The molecule has 2 atom stereocenters. The summed E-state index contributed by atoms with van der Waals surface area (Å²) in [6, 6.07) is 18.3. The Morgan fingerprint density at radius 1 is 1.20 bits per heavy atom. The third kappa shape index (κ3) is 3.24. The fourth-order valence-electron chi connectivity index (χ4n) is 3.59. The zero-order valence-corrected chi connectivity index (χ0v) is 14.8. The number of benzene rings is 2. The van der Waals surface area contributed by atoms with E-state index in [4.69, 9.17) is 9.47 Å². The molecule has 0 aromatic heterocycles. The second kappa shape index (κ2) is 7.24. The van der Waals surface area contributed by atoms with Gasteiger partial charge in [0.2, 0.25) is 0 Å². The average molecular weight is 336 g/mol. The van der Waals surface area contributed by atoms with Gasteiger partial charge in [-0.15, -0.1) is 0 Å². The van der Waals surface area contributed by atoms with Gasteiger partial charge in [-0.25, -0.2) is 0 Å². The largest absolute Gasteiger partial charge is 0.468 e. The van der Waals surface area contributed by atoms with Crippen molar-refractivity contribution < 1.29 is 14.3 Å². The second-order valence-corrected chi connectivity index (χ2v) is 6.65. The summed E-state index contributed by atoms with van der Waals surface area (Å²) in [5, 5.41) is 0. The highest BCUT2D eigenvalue weighted by Gasteiger charge is 2.54. The number of carbonyl (C=O) groups is 1. The van der Waals surface area contributed by atoms with Gasteiger partial charge in [0.25, 0.3) is 0 Å². The Kier molecular flexibility index (Phi) is 5.05. The topological polar surface area (TPSA) is 35.5 Å². The van der Waals surface area contributed by atoms with E-state index in [9.17, 15) is 4.79 Å². The molecule has 1 saturated heterocycles. The van der Waals surface area contributed by atoms with E-state index < -0.39 is 5.41 Å². The molecule has 25 heavy (non-hydrogen) atoms. The minimum absolute atomic E-state index is 0.268. The summed E-state index contributed by atoms with van der Waals surface area (Å²) < 4.78 is 11.2. The third-order valence-corrected chi connectivity index (χ3v) is 5.08. The zero-order valence-electron chi connectivity index (χ0n) is 14.8. The maximum atomic E-state index is 12.8. The molecule has 3 rings (SSSR count). The molecule has 0 spiro atoms. The zero-order chi connectivity index (χ0) is 17.9. The van der Waals surface area contributed by atoms with E-state index in [0.29, 0.717) is 13.0 Å². The van der Waals surface area contributed by atoms with Crippen molar-refractivity contribution in [3.05, 3.63) is 83.4 Å². The van der Waals surface area contributed by atoms with Gasteiger partial charge >= 0.3 is 5.97 Å². The Bertz CT molecular complexity index is 749. The number of ether oxygens (including phenoxy) is 2. The molecule has 130 valence electrons. The first kappa shape index (κ1) is 17.4. The van der Waals surface area contributed by atoms with Crippen LogP contribution in [0, 0.1) is 12.3 Å². The summed E-state index contributed by atoms with van der Waals surface area (Å²) in [7, 11) is 1.43. The summed E-state index contributed by atoms with van der Waals surface area (Å²) in [4.78, 5) is 12.8.